The minimum atomic E-state index is -0.503. The van der Waals surface area contributed by atoms with Crippen LogP contribution in [0.25, 0.3) is 0 Å². The standard InChI is InChI=1S/C31H41NO5/c1-6-34-26-14-10-13-23-27-24(31(5,36-28(23)26)17-15-21-11-8-7-9-12-21)19-22-20-32(18-16-25(22)35-27)29(33)37-30(2,3)4/h7-14,22,24-25,27H,6,15-20H2,1-5H3/t22-,24-,25-,27+,31+/m1/s1. The maximum absolute atomic E-state index is 12.8. The van der Waals surface area contributed by atoms with Crippen molar-refractivity contribution in [3.8, 4) is 11.5 Å². The van der Waals surface area contributed by atoms with E-state index >= 15 is 0 Å². The Bertz CT molecular complexity index is 1100. The number of para-hydroxylation sites is 1. The number of benzene rings is 2. The summed E-state index contributed by atoms with van der Waals surface area (Å²) in [6.45, 7) is 11.9. The molecule has 2 saturated heterocycles. The highest BCUT2D eigenvalue weighted by molar-refractivity contribution is 5.68. The van der Waals surface area contributed by atoms with E-state index in [1.807, 2.05) is 44.7 Å². The van der Waals surface area contributed by atoms with Crippen LogP contribution in [0.2, 0.25) is 0 Å². The first-order valence-corrected chi connectivity index (χ1v) is 13.8. The molecule has 2 fully saturated rings. The van der Waals surface area contributed by atoms with Crippen molar-refractivity contribution < 1.29 is 23.7 Å². The first-order chi connectivity index (χ1) is 17.7. The molecule has 0 radical (unpaired) electrons. The van der Waals surface area contributed by atoms with E-state index in [2.05, 4.69) is 43.3 Å². The third-order valence-electron chi connectivity index (χ3n) is 8.05. The van der Waals surface area contributed by atoms with Gasteiger partial charge in [-0.05, 0) is 71.9 Å². The number of piperidine rings is 1. The molecule has 6 nitrogen and oxygen atoms in total. The van der Waals surface area contributed by atoms with E-state index in [0.29, 0.717) is 19.7 Å². The molecule has 6 heteroatoms. The molecule has 5 atom stereocenters. The second-order valence-electron chi connectivity index (χ2n) is 11.9. The number of aryl methyl sites for hydroxylation is 1. The Morgan fingerprint density at radius 2 is 1.92 bits per heavy atom. The van der Waals surface area contributed by atoms with Crippen molar-refractivity contribution in [1.82, 2.24) is 4.90 Å². The summed E-state index contributed by atoms with van der Waals surface area (Å²) in [5.74, 6) is 2.03. The maximum Gasteiger partial charge on any atom is 0.410 e. The van der Waals surface area contributed by atoms with Crippen LogP contribution >= 0.6 is 0 Å². The highest BCUT2D eigenvalue weighted by Gasteiger charge is 2.54. The molecule has 2 aromatic rings. The average Bonchev–Trinajstić information content (AvgIpc) is 2.87. The van der Waals surface area contributed by atoms with Gasteiger partial charge in [0.25, 0.3) is 0 Å². The summed E-state index contributed by atoms with van der Waals surface area (Å²) in [6.07, 6.45) is 3.37. The molecule has 37 heavy (non-hydrogen) atoms. The van der Waals surface area contributed by atoms with Crippen LogP contribution in [0.3, 0.4) is 0 Å². The lowest BCUT2D eigenvalue weighted by Crippen LogP contribution is -2.57. The summed E-state index contributed by atoms with van der Waals surface area (Å²) in [5, 5.41) is 0. The highest BCUT2D eigenvalue weighted by Crippen LogP contribution is 2.56. The number of fused-ring (bicyclic) bond motifs is 4. The average molecular weight is 508 g/mol. The third kappa shape index (κ3) is 5.45. The predicted octanol–water partition coefficient (Wildman–Crippen LogP) is 6.57. The van der Waals surface area contributed by atoms with E-state index in [4.69, 9.17) is 18.9 Å². The lowest BCUT2D eigenvalue weighted by atomic mass is 9.68. The van der Waals surface area contributed by atoms with Gasteiger partial charge in [-0.3, -0.25) is 0 Å². The Kier molecular flexibility index (Phi) is 7.14. The van der Waals surface area contributed by atoms with Gasteiger partial charge in [0.1, 0.15) is 11.2 Å². The molecule has 0 aromatic heterocycles. The molecule has 0 spiro atoms. The van der Waals surface area contributed by atoms with E-state index in [1.54, 1.807) is 0 Å². The van der Waals surface area contributed by atoms with Crippen LogP contribution < -0.4 is 9.47 Å². The largest absolute Gasteiger partial charge is 0.490 e. The summed E-state index contributed by atoms with van der Waals surface area (Å²) in [4.78, 5) is 14.7. The SMILES string of the molecule is CCOc1cccc2c1O[C@@](C)(CCc1ccccc1)[C@@H]1C[C@@H]3CN(C(=O)OC(C)(C)C)CC[C@H]3O[C@@H]21. The van der Waals surface area contributed by atoms with E-state index in [9.17, 15) is 4.79 Å². The van der Waals surface area contributed by atoms with Crippen molar-refractivity contribution in [2.75, 3.05) is 19.7 Å². The fraction of sp³-hybridized carbons (Fsp3) is 0.581. The molecule has 3 aliphatic heterocycles. The number of rotatable bonds is 5. The van der Waals surface area contributed by atoms with Crippen LogP contribution in [-0.4, -0.2) is 48.0 Å². The topological polar surface area (TPSA) is 57.2 Å². The summed E-state index contributed by atoms with van der Waals surface area (Å²) < 4.78 is 25.5. The molecular weight excluding hydrogens is 466 g/mol. The molecule has 5 rings (SSSR count). The zero-order valence-electron chi connectivity index (χ0n) is 22.9. The van der Waals surface area contributed by atoms with Crippen molar-refractivity contribution in [3.05, 3.63) is 59.7 Å². The first kappa shape index (κ1) is 25.9. The summed E-state index contributed by atoms with van der Waals surface area (Å²) >= 11 is 0. The Morgan fingerprint density at radius 1 is 1.14 bits per heavy atom. The van der Waals surface area contributed by atoms with Crippen molar-refractivity contribution in [2.45, 2.75) is 83.7 Å². The Morgan fingerprint density at radius 3 is 2.65 bits per heavy atom. The van der Waals surface area contributed by atoms with Crippen molar-refractivity contribution in [1.29, 1.82) is 0 Å². The number of ether oxygens (including phenoxy) is 4. The maximum atomic E-state index is 12.8. The van der Waals surface area contributed by atoms with Gasteiger partial charge in [0, 0.05) is 30.5 Å². The second kappa shape index (κ2) is 10.2. The summed E-state index contributed by atoms with van der Waals surface area (Å²) in [5.41, 5.74) is 1.45. The van der Waals surface area contributed by atoms with Gasteiger partial charge in [0.2, 0.25) is 0 Å². The molecule has 0 saturated carbocycles. The van der Waals surface area contributed by atoms with Crippen LogP contribution in [0, 0.1) is 11.8 Å². The number of hydrogen-bond donors (Lipinski definition) is 0. The minimum Gasteiger partial charge on any atom is -0.490 e. The van der Waals surface area contributed by atoms with E-state index in [1.165, 1.54) is 5.56 Å². The fourth-order valence-electron chi connectivity index (χ4n) is 6.22. The minimum absolute atomic E-state index is 0.0562. The number of nitrogens with zero attached hydrogens (tertiary/aromatic N) is 1. The molecule has 0 aliphatic carbocycles. The lowest BCUT2D eigenvalue weighted by molar-refractivity contribution is -0.191. The second-order valence-corrected chi connectivity index (χ2v) is 11.9. The zero-order valence-corrected chi connectivity index (χ0v) is 22.9. The number of carbonyl (C=O) groups is 1. The van der Waals surface area contributed by atoms with E-state index < -0.39 is 11.2 Å². The van der Waals surface area contributed by atoms with Crippen LogP contribution in [0.5, 0.6) is 11.5 Å². The van der Waals surface area contributed by atoms with Gasteiger partial charge >= 0.3 is 6.09 Å². The number of carbonyl (C=O) groups excluding carboxylic acids is 1. The van der Waals surface area contributed by atoms with Crippen LogP contribution in [0.15, 0.2) is 48.5 Å². The molecule has 0 unspecified atom stereocenters. The van der Waals surface area contributed by atoms with Gasteiger partial charge in [-0.15, -0.1) is 0 Å². The van der Waals surface area contributed by atoms with Crippen LogP contribution in [0.1, 0.15) is 71.1 Å². The first-order valence-electron chi connectivity index (χ1n) is 13.8. The molecule has 0 bridgehead atoms. The van der Waals surface area contributed by atoms with Gasteiger partial charge in [-0.25, -0.2) is 4.79 Å². The molecule has 200 valence electrons. The van der Waals surface area contributed by atoms with Crippen molar-refractivity contribution in [3.63, 3.8) is 0 Å². The summed E-state index contributed by atoms with van der Waals surface area (Å²) in [6, 6.07) is 16.7. The van der Waals surface area contributed by atoms with Gasteiger partial charge < -0.3 is 23.8 Å². The third-order valence-corrected chi connectivity index (χ3v) is 8.05. The van der Waals surface area contributed by atoms with Gasteiger partial charge in [0.05, 0.1) is 18.8 Å². The fourth-order valence-corrected chi connectivity index (χ4v) is 6.22. The van der Waals surface area contributed by atoms with Gasteiger partial charge in [0.15, 0.2) is 11.5 Å². The van der Waals surface area contributed by atoms with E-state index in [0.717, 1.165) is 42.7 Å². The predicted molar refractivity (Wildman–Crippen MR) is 143 cm³/mol. The molecule has 0 N–H and O–H groups in total. The van der Waals surface area contributed by atoms with Crippen molar-refractivity contribution in [2.24, 2.45) is 11.8 Å². The molecule has 3 heterocycles. The van der Waals surface area contributed by atoms with Crippen LogP contribution in [-0.2, 0) is 15.9 Å². The van der Waals surface area contributed by atoms with Gasteiger partial charge in [-0.1, -0.05) is 42.5 Å². The smallest absolute Gasteiger partial charge is 0.410 e. The van der Waals surface area contributed by atoms with E-state index in [-0.39, 0.29) is 30.1 Å². The molecule has 3 aliphatic rings. The number of likely N-dealkylation sites (tertiary alicyclic amines) is 1. The lowest BCUT2D eigenvalue weighted by Gasteiger charge is -2.54. The Labute approximate surface area is 221 Å². The molecule has 1 amide bonds. The quantitative estimate of drug-likeness (QED) is 0.458. The highest BCUT2D eigenvalue weighted by atomic mass is 16.6. The zero-order chi connectivity index (χ0) is 26.2. The number of amides is 1. The van der Waals surface area contributed by atoms with Gasteiger partial charge in [-0.2, -0.15) is 0 Å². The number of hydrogen-bond acceptors (Lipinski definition) is 5. The normalized spacial score (nSPS) is 28.8. The Hall–Kier alpha value is -2.73. The Balaban J connectivity index is 1.42. The molecular formula is C31H41NO5. The van der Waals surface area contributed by atoms with Crippen molar-refractivity contribution >= 4 is 6.09 Å². The molecule has 2 aromatic carbocycles. The monoisotopic (exact) mass is 507 g/mol. The van der Waals surface area contributed by atoms with Crippen LogP contribution in [0.4, 0.5) is 4.79 Å². The summed E-state index contributed by atoms with van der Waals surface area (Å²) in [7, 11) is 0.